The van der Waals surface area contributed by atoms with Gasteiger partial charge in [-0.25, -0.2) is 0 Å². The lowest BCUT2D eigenvalue weighted by Gasteiger charge is -2.33. The Bertz CT molecular complexity index is 957. The first-order chi connectivity index (χ1) is 15.6. The molecule has 1 heterocycles. The smallest absolute Gasteiger partial charge is 0.127 e. The molecule has 0 saturated carbocycles. The van der Waals surface area contributed by atoms with Gasteiger partial charge in [-0.3, -0.25) is 0 Å². The van der Waals surface area contributed by atoms with E-state index in [1.54, 1.807) is 0 Å². The summed E-state index contributed by atoms with van der Waals surface area (Å²) in [4.78, 5) is 2.47. The lowest BCUT2D eigenvalue weighted by Crippen LogP contribution is -2.45. The number of piperidine rings is 1. The first-order valence-electron chi connectivity index (χ1n) is 11.3. The highest BCUT2D eigenvalue weighted by atomic mass is 35.5. The summed E-state index contributed by atoms with van der Waals surface area (Å²) in [7, 11) is 0. The van der Waals surface area contributed by atoms with Crippen LogP contribution in [0.15, 0.2) is 78.9 Å². The third-order valence-corrected chi connectivity index (χ3v) is 6.16. The average Bonchev–Trinajstić information content (AvgIpc) is 2.81. The molecule has 4 rings (SSSR count). The number of nitrogens with zero attached hydrogens (tertiary/aromatic N) is 1. The largest absolute Gasteiger partial charge is 0.457 e. The average molecular weight is 451 g/mol. The number of nitrogens with one attached hydrogen (secondary N) is 1. The fourth-order valence-corrected chi connectivity index (χ4v) is 4.26. The van der Waals surface area contributed by atoms with E-state index in [2.05, 4.69) is 52.7 Å². The fraction of sp³-hybridized carbons (Fsp3) is 0.333. The van der Waals surface area contributed by atoms with E-state index in [0.717, 1.165) is 56.9 Å². The Morgan fingerprint density at radius 2 is 1.62 bits per heavy atom. The van der Waals surface area contributed by atoms with E-state index in [1.165, 1.54) is 11.1 Å². The van der Waals surface area contributed by atoms with Crippen LogP contribution in [-0.2, 0) is 13.0 Å². The minimum Gasteiger partial charge on any atom is -0.457 e. The van der Waals surface area contributed by atoms with Crippen LogP contribution in [0.5, 0.6) is 11.5 Å². The lowest BCUT2D eigenvalue weighted by molar-refractivity contribution is 0.0776. The molecule has 2 N–H and O–H groups in total. The van der Waals surface area contributed by atoms with Gasteiger partial charge in [-0.05, 0) is 66.8 Å². The van der Waals surface area contributed by atoms with Gasteiger partial charge in [0, 0.05) is 37.2 Å². The van der Waals surface area contributed by atoms with Crippen LogP contribution >= 0.6 is 11.6 Å². The number of aliphatic hydroxyl groups excluding tert-OH is 1. The third-order valence-electron chi connectivity index (χ3n) is 5.90. The van der Waals surface area contributed by atoms with E-state index < -0.39 is 0 Å². The van der Waals surface area contributed by atoms with Gasteiger partial charge >= 0.3 is 0 Å². The van der Waals surface area contributed by atoms with Crippen LogP contribution in [0.2, 0.25) is 5.02 Å². The van der Waals surface area contributed by atoms with Crippen molar-refractivity contribution in [3.63, 3.8) is 0 Å². The molecule has 1 fully saturated rings. The third kappa shape index (κ3) is 7.07. The molecule has 1 atom stereocenters. The quantitative estimate of drug-likeness (QED) is 0.465. The molecule has 0 aliphatic carbocycles. The number of likely N-dealkylation sites (tertiary alicyclic amines) is 1. The summed E-state index contributed by atoms with van der Waals surface area (Å²) in [5.74, 6) is 1.59. The molecule has 1 aliphatic heterocycles. The van der Waals surface area contributed by atoms with Crippen LogP contribution in [0, 0.1) is 0 Å². The summed E-state index contributed by atoms with van der Waals surface area (Å²) in [6.45, 7) is 3.66. The molecule has 0 aromatic heterocycles. The Labute approximate surface area is 195 Å². The van der Waals surface area contributed by atoms with Crippen molar-refractivity contribution in [1.29, 1.82) is 0 Å². The van der Waals surface area contributed by atoms with Gasteiger partial charge in [0.1, 0.15) is 11.5 Å². The number of aliphatic hydroxyl groups is 1. The molecule has 4 nitrogen and oxygen atoms in total. The molecule has 3 aromatic carbocycles. The summed E-state index contributed by atoms with van der Waals surface area (Å²) >= 11 is 5.97. The van der Waals surface area contributed by atoms with E-state index in [-0.39, 0.29) is 6.10 Å². The van der Waals surface area contributed by atoms with Gasteiger partial charge in [0.25, 0.3) is 0 Å². The number of halogens is 1. The molecule has 0 amide bonds. The van der Waals surface area contributed by atoms with Crippen molar-refractivity contribution in [2.45, 2.75) is 38.0 Å². The van der Waals surface area contributed by atoms with Crippen LogP contribution in [-0.4, -0.2) is 41.8 Å². The topological polar surface area (TPSA) is 44.7 Å². The van der Waals surface area contributed by atoms with E-state index in [1.807, 2.05) is 36.4 Å². The van der Waals surface area contributed by atoms with Gasteiger partial charge < -0.3 is 20.1 Å². The molecule has 168 valence electrons. The first-order valence-corrected chi connectivity index (χ1v) is 11.7. The van der Waals surface area contributed by atoms with Crippen molar-refractivity contribution >= 4 is 11.6 Å². The second-order valence-corrected chi connectivity index (χ2v) is 8.94. The summed E-state index contributed by atoms with van der Waals surface area (Å²) in [5.41, 5.74) is 2.52. The highest BCUT2D eigenvalue weighted by molar-refractivity contribution is 6.30. The van der Waals surface area contributed by atoms with Crippen LogP contribution < -0.4 is 10.1 Å². The molecule has 0 bridgehead atoms. The normalized spacial score (nSPS) is 16.1. The maximum atomic E-state index is 9.83. The van der Waals surface area contributed by atoms with Crippen molar-refractivity contribution < 1.29 is 9.84 Å². The highest BCUT2D eigenvalue weighted by Gasteiger charge is 2.20. The van der Waals surface area contributed by atoms with Gasteiger partial charge in [-0.15, -0.1) is 0 Å². The van der Waals surface area contributed by atoms with Crippen LogP contribution in [0.3, 0.4) is 0 Å². The molecule has 0 radical (unpaired) electrons. The predicted octanol–water partition coefficient (Wildman–Crippen LogP) is 5.29. The molecule has 1 aliphatic rings. The lowest BCUT2D eigenvalue weighted by atomic mass is 10.0. The fourth-order valence-electron chi connectivity index (χ4n) is 4.13. The summed E-state index contributed by atoms with van der Waals surface area (Å²) < 4.78 is 5.99. The Morgan fingerprint density at radius 1 is 0.906 bits per heavy atom. The second-order valence-electron chi connectivity index (χ2n) is 8.50. The molecular weight excluding hydrogens is 420 g/mol. The number of benzene rings is 3. The molecule has 0 spiro atoms. The summed E-state index contributed by atoms with van der Waals surface area (Å²) in [6.07, 6.45) is 2.56. The Kier molecular flexibility index (Phi) is 8.18. The molecule has 3 aromatic rings. The Hall–Kier alpha value is -2.37. The van der Waals surface area contributed by atoms with E-state index in [9.17, 15) is 5.11 Å². The molecule has 32 heavy (non-hydrogen) atoms. The summed E-state index contributed by atoms with van der Waals surface area (Å²) in [5, 5.41) is 14.3. The van der Waals surface area contributed by atoms with Crippen molar-refractivity contribution in [3.8, 4) is 11.5 Å². The minimum atomic E-state index is -0.143. The number of hydrogen-bond donors (Lipinski definition) is 2. The number of hydrogen-bond acceptors (Lipinski definition) is 4. The van der Waals surface area contributed by atoms with E-state index in [0.29, 0.717) is 11.1 Å². The van der Waals surface area contributed by atoms with Crippen molar-refractivity contribution in [3.05, 3.63) is 95.0 Å². The standard InChI is InChI=1S/C27H31ClN2O2/c28-23-9-11-26(12-10-23)32-27-8-4-7-22(18-27)19-29-24(17-21-5-2-1-3-6-21)20-30-15-13-25(31)14-16-30/h1-12,18,24-25,29,31H,13-17,19-20H2. The SMILES string of the molecule is OC1CCN(CC(Cc2ccccc2)NCc2cccc(Oc3ccc(Cl)cc3)c2)CC1. The van der Waals surface area contributed by atoms with Crippen LogP contribution in [0.4, 0.5) is 0 Å². The van der Waals surface area contributed by atoms with Gasteiger partial charge in [-0.2, -0.15) is 0 Å². The maximum Gasteiger partial charge on any atom is 0.127 e. The number of ether oxygens (including phenoxy) is 1. The molecular formula is C27H31ClN2O2. The van der Waals surface area contributed by atoms with Crippen LogP contribution in [0.1, 0.15) is 24.0 Å². The van der Waals surface area contributed by atoms with E-state index in [4.69, 9.17) is 16.3 Å². The Balaban J connectivity index is 1.38. The molecule has 5 heteroatoms. The minimum absolute atomic E-state index is 0.143. The zero-order valence-corrected chi connectivity index (χ0v) is 19.0. The number of rotatable bonds is 9. The molecule has 1 unspecified atom stereocenters. The second kappa shape index (κ2) is 11.5. The van der Waals surface area contributed by atoms with Crippen molar-refractivity contribution in [1.82, 2.24) is 10.2 Å². The van der Waals surface area contributed by atoms with E-state index >= 15 is 0 Å². The first kappa shape index (κ1) is 22.8. The zero-order chi connectivity index (χ0) is 22.2. The highest BCUT2D eigenvalue weighted by Crippen LogP contribution is 2.24. The monoisotopic (exact) mass is 450 g/mol. The van der Waals surface area contributed by atoms with Crippen LogP contribution in [0.25, 0.3) is 0 Å². The Morgan fingerprint density at radius 3 is 2.38 bits per heavy atom. The van der Waals surface area contributed by atoms with Gasteiger partial charge in [-0.1, -0.05) is 54.1 Å². The van der Waals surface area contributed by atoms with Gasteiger partial charge in [0.2, 0.25) is 0 Å². The summed E-state index contributed by atoms with van der Waals surface area (Å²) in [6, 6.07) is 26.6. The van der Waals surface area contributed by atoms with Gasteiger partial charge in [0.05, 0.1) is 6.10 Å². The van der Waals surface area contributed by atoms with Crippen molar-refractivity contribution in [2.75, 3.05) is 19.6 Å². The van der Waals surface area contributed by atoms with Gasteiger partial charge in [0.15, 0.2) is 0 Å². The molecule has 1 saturated heterocycles. The predicted molar refractivity (Wildman–Crippen MR) is 130 cm³/mol. The maximum absolute atomic E-state index is 9.83. The van der Waals surface area contributed by atoms with Crippen molar-refractivity contribution in [2.24, 2.45) is 0 Å². The zero-order valence-electron chi connectivity index (χ0n) is 18.3.